The Hall–Kier alpha value is -2.41. The van der Waals surface area contributed by atoms with Gasteiger partial charge < -0.3 is 14.4 Å². The quantitative estimate of drug-likeness (QED) is 0.677. The molecule has 1 aliphatic carbocycles. The summed E-state index contributed by atoms with van der Waals surface area (Å²) in [6.07, 6.45) is 6.17. The molecule has 0 saturated heterocycles. The summed E-state index contributed by atoms with van der Waals surface area (Å²) in [5.74, 6) is 0.746. The molecule has 0 amide bonds. The first-order valence-corrected chi connectivity index (χ1v) is 10.5. The molecule has 0 fully saturated rings. The molecule has 1 aromatic carbocycles. The Morgan fingerprint density at radius 1 is 1.25 bits per heavy atom. The molecule has 28 heavy (non-hydrogen) atoms. The first-order valence-electron chi connectivity index (χ1n) is 9.60. The van der Waals surface area contributed by atoms with E-state index < -0.39 is 6.10 Å². The number of nitrogens with zero attached hydrogens (tertiary/aromatic N) is 2. The van der Waals surface area contributed by atoms with Gasteiger partial charge in [-0.25, -0.2) is 0 Å². The predicted molar refractivity (Wildman–Crippen MR) is 111 cm³/mol. The van der Waals surface area contributed by atoms with Crippen LogP contribution >= 0.6 is 11.3 Å². The van der Waals surface area contributed by atoms with Gasteiger partial charge in [-0.05, 0) is 54.1 Å². The number of allylic oxidation sites excluding steroid dienone is 1. The Balaban J connectivity index is 1.16. The minimum Gasteiger partial charge on any atom is -0.491 e. The normalized spacial score (nSPS) is 18.0. The highest BCUT2D eigenvalue weighted by Gasteiger charge is 2.21. The monoisotopic (exact) mass is 394 g/mol. The molecule has 6 heteroatoms. The maximum atomic E-state index is 10.4. The number of aliphatic hydroxyl groups is 1. The van der Waals surface area contributed by atoms with Crippen molar-refractivity contribution >= 4 is 21.6 Å². The second-order valence-electron chi connectivity index (χ2n) is 7.35. The van der Waals surface area contributed by atoms with Gasteiger partial charge in [0, 0.05) is 25.2 Å². The van der Waals surface area contributed by atoms with Crippen molar-refractivity contribution in [2.75, 3.05) is 26.2 Å². The van der Waals surface area contributed by atoms with Gasteiger partial charge in [0.15, 0.2) is 5.58 Å². The lowest BCUT2D eigenvalue weighted by Gasteiger charge is -2.29. The Morgan fingerprint density at radius 3 is 3.04 bits per heavy atom. The van der Waals surface area contributed by atoms with Crippen molar-refractivity contribution in [1.29, 1.82) is 0 Å². The first kappa shape index (κ1) is 17.7. The Bertz CT molecular complexity index is 1030. The summed E-state index contributed by atoms with van der Waals surface area (Å²) in [7, 11) is 0. The van der Waals surface area contributed by atoms with Gasteiger partial charge in [0.2, 0.25) is 0 Å². The number of rotatable bonds is 6. The van der Waals surface area contributed by atoms with Crippen molar-refractivity contribution in [3.05, 3.63) is 59.0 Å². The van der Waals surface area contributed by atoms with E-state index in [-0.39, 0.29) is 6.61 Å². The van der Waals surface area contributed by atoms with E-state index in [1.807, 2.05) is 35.7 Å². The van der Waals surface area contributed by atoms with Gasteiger partial charge in [-0.2, -0.15) is 0 Å². The van der Waals surface area contributed by atoms with Crippen LogP contribution in [0.3, 0.4) is 0 Å². The lowest BCUT2D eigenvalue weighted by Crippen LogP contribution is -2.39. The molecule has 144 valence electrons. The SMILES string of the molecule is O[C@@H](COc1ccc(-c2noc3ccsc23)cc1)CN1CCC2=C(C=CC2)C1. The van der Waals surface area contributed by atoms with E-state index in [2.05, 4.69) is 22.2 Å². The lowest BCUT2D eigenvalue weighted by molar-refractivity contribution is 0.0701. The van der Waals surface area contributed by atoms with Crippen LogP contribution in [0.25, 0.3) is 21.5 Å². The van der Waals surface area contributed by atoms with Gasteiger partial charge in [-0.1, -0.05) is 22.9 Å². The lowest BCUT2D eigenvalue weighted by atomic mass is 10.0. The minimum absolute atomic E-state index is 0.288. The summed E-state index contributed by atoms with van der Waals surface area (Å²) < 4.78 is 12.2. The summed E-state index contributed by atoms with van der Waals surface area (Å²) in [5, 5.41) is 16.5. The van der Waals surface area contributed by atoms with Gasteiger partial charge in [0.1, 0.15) is 28.9 Å². The smallest absolute Gasteiger partial charge is 0.178 e. The van der Waals surface area contributed by atoms with Crippen molar-refractivity contribution in [3.8, 4) is 17.0 Å². The van der Waals surface area contributed by atoms with Crippen LogP contribution in [0.1, 0.15) is 12.8 Å². The molecule has 1 aliphatic heterocycles. The fourth-order valence-corrected chi connectivity index (χ4v) is 4.72. The third-order valence-electron chi connectivity index (χ3n) is 5.38. The Morgan fingerprint density at radius 2 is 2.14 bits per heavy atom. The zero-order valence-electron chi connectivity index (χ0n) is 15.5. The molecule has 0 unspecified atom stereocenters. The third kappa shape index (κ3) is 3.51. The number of benzene rings is 1. The Labute approximate surface area is 167 Å². The van der Waals surface area contributed by atoms with Crippen LogP contribution in [0, 0.1) is 0 Å². The number of ether oxygens (including phenoxy) is 1. The summed E-state index contributed by atoms with van der Waals surface area (Å²) in [4.78, 5) is 2.31. The maximum Gasteiger partial charge on any atom is 0.178 e. The Kier molecular flexibility index (Phi) is 4.76. The van der Waals surface area contributed by atoms with Crippen LogP contribution in [0.2, 0.25) is 0 Å². The zero-order valence-corrected chi connectivity index (χ0v) is 16.3. The molecule has 3 heterocycles. The highest BCUT2D eigenvalue weighted by Crippen LogP contribution is 2.32. The van der Waals surface area contributed by atoms with Crippen molar-refractivity contribution in [2.24, 2.45) is 0 Å². The fourth-order valence-electron chi connectivity index (χ4n) is 3.90. The van der Waals surface area contributed by atoms with Crippen LogP contribution in [0.15, 0.2) is 63.5 Å². The number of aromatic nitrogens is 1. The largest absolute Gasteiger partial charge is 0.491 e. The number of aliphatic hydroxyl groups excluding tert-OH is 1. The molecule has 3 aromatic rings. The molecule has 1 atom stereocenters. The van der Waals surface area contributed by atoms with Crippen LogP contribution in [-0.4, -0.2) is 47.5 Å². The molecule has 0 radical (unpaired) electrons. The third-order valence-corrected chi connectivity index (χ3v) is 6.28. The molecule has 5 rings (SSSR count). The van der Waals surface area contributed by atoms with Crippen LogP contribution in [0.5, 0.6) is 5.75 Å². The van der Waals surface area contributed by atoms with Crippen molar-refractivity contribution in [2.45, 2.75) is 18.9 Å². The molecule has 2 aliphatic rings. The number of thiophene rings is 1. The second kappa shape index (κ2) is 7.54. The summed E-state index contributed by atoms with van der Waals surface area (Å²) in [6.45, 7) is 2.88. The summed E-state index contributed by atoms with van der Waals surface area (Å²) in [6, 6.07) is 9.71. The van der Waals surface area contributed by atoms with E-state index in [0.717, 1.165) is 53.2 Å². The fraction of sp³-hybridized carbons (Fsp3) is 0.318. The molecule has 0 spiro atoms. The highest BCUT2D eigenvalue weighted by atomic mass is 32.1. The molecule has 5 nitrogen and oxygen atoms in total. The number of hydrogen-bond donors (Lipinski definition) is 1. The van der Waals surface area contributed by atoms with Gasteiger partial charge in [0.25, 0.3) is 0 Å². The van der Waals surface area contributed by atoms with Gasteiger partial charge >= 0.3 is 0 Å². The van der Waals surface area contributed by atoms with Crippen LogP contribution < -0.4 is 4.74 Å². The van der Waals surface area contributed by atoms with E-state index in [9.17, 15) is 5.11 Å². The predicted octanol–water partition coefficient (Wildman–Crippen LogP) is 4.26. The molecule has 2 aromatic heterocycles. The van der Waals surface area contributed by atoms with E-state index in [4.69, 9.17) is 9.26 Å². The van der Waals surface area contributed by atoms with Gasteiger partial charge in [0.05, 0.1) is 0 Å². The topological polar surface area (TPSA) is 58.7 Å². The van der Waals surface area contributed by atoms with E-state index in [1.165, 1.54) is 5.57 Å². The molecule has 0 saturated carbocycles. The highest BCUT2D eigenvalue weighted by molar-refractivity contribution is 7.17. The molecule has 1 N–H and O–H groups in total. The number of hydrogen-bond acceptors (Lipinski definition) is 6. The van der Waals surface area contributed by atoms with Crippen LogP contribution in [-0.2, 0) is 0 Å². The van der Waals surface area contributed by atoms with Gasteiger partial charge in [-0.3, -0.25) is 4.90 Å². The first-order chi connectivity index (χ1) is 13.8. The molecular weight excluding hydrogens is 372 g/mol. The standard InChI is InChI=1S/C22H22N2O3S/c25-18(13-24-10-8-15-2-1-3-17(15)12-24)14-26-19-6-4-16(5-7-19)21-22-20(27-23-21)9-11-28-22/h1,3-7,9,11,18,25H,2,8,10,12-14H2/t18-/m1/s1. The molecule has 0 bridgehead atoms. The second-order valence-corrected chi connectivity index (χ2v) is 8.27. The summed E-state index contributed by atoms with van der Waals surface area (Å²) in [5.41, 5.74) is 5.67. The minimum atomic E-state index is -0.506. The van der Waals surface area contributed by atoms with Crippen molar-refractivity contribution < 1.29 is 14.4 Å². The average Bonchev–Trinajstić information content (AvgIpc) is 3.43. The number of β-amino-alcohol motifs (C(OH)–C–C–N with tert-alkyl or cyclic N) is 1. The maximum absolute atomic E-state index is 10.4. The molecular formula is C22H22N2O3S. The van der Waals surface area contributed by atoms with E-state index >= 15 is 0 Å². The zero-order chi connectivity index (χ0) is 18.9. The van der Waals surface area contributed by atoms with E-state index in [1.54, 1.807) is 16.9 Å². The van der Waals surface area contributed by atoms with Crippen molar-refractivity contribution in [3.63, 3.8) is 0 Å². The number of fused-ring (bicyclic) bond motifs is 1. The summed E-state index contributed by atoms with van der Waals surface area (Å²) >= 11 is 1.62. The van der Waals surface area contributed by atoms with Crippen LogP contribution in [0.4, 0.5) is 0 Å². The van der Waals surface area contributed by atoms with Gasteiger partial charge in [-0.15, -0.1) is 11.3 Å². The average molecular weight is 394 g/mol. The van der Waals surface area contributed by atoms with Crippen molar-refractivity contribution in [1.82, 2.24) is 10.1 Å². The van der Waals surface area contributed by atoms with E-state index in [0.29, 0.717) is 6.54 Å².